The predicted octanol–water partition coefficient (Wildman–Crippen LogP) is 4.57. The van der Waals surface area contributed by atoms with Crippen LogP contribution >= 0.6 is 11.6 Å². The van der Waals surface area contributed by atoms with Crippen molar-refractivity contribution in [2.24, 2.45) is 17.3 Å². The molecule has 3 rings (SSSR count). The van der Waals surface area contributed by atoms with E-state index in [1.807, 2.05) is 60.6 Å². The molecule has 3 amide bonds. The van der Waals surface area contributed by atoms with Gasteiger partial charge < -0.3 is 25.0 Å². The summed E-state index contributed by atoms with van der Waals surface area (Å²) in [7, 11) is 0. The fourth-order valence-electron chi connectivity index (χ4n) is 5.40. The minimum absolute atomic E-state index is 0.103. The van der Waals surface area contributed by atoms with Crippen molar-refractivity contribution in [2.45, 2.75) is 85.0 Å². The number of aliphatic hydroxyl groups is 1. The number of halogens is 1. The Balaban J connectivity index is 1.62. The third kappa shape index (κ3) is 6.81. The lowest BCUT2D eigenvalue weighted by molar-refractivity contribution is -0.157. The van der Waals surface area contributed by atoms with Crippen LogP contribution in [0.25, 0.3) is 0 Å². The number of likely N-dealkylation sites (tertiary alicyclic amines) is 2. The minimum atomic E-state index is -1.10. The van der Waals surface area contributed by atoms with E-state index in [4.69, 9.17) is 16.3 Å². The maximum atomic E-state index is 13.7. The summed E-state index contributed by atoms with van der Waals surface area (Å²) in [4.78, 5) is 42.6. The summed E-state index contributed by atoms with van der Waals surface area (Å²) in [5.74, 6) is -0.662. The Hall–Kier alpha value is -2.32. The molecular formula is C29H44ClN3O5. The van der Waals surface area contributed by atoms with Crippen LogP contribution in [0.1, 0.15) is 73.3 Å². The van der Waals surface area contributed by atoms with E-state index in [1.54, 1.807) is 21.9 Å². The molecule has 0 aromatic heterocycles. The van der Waals surface area contributed by atoms with E-state index in [1.165, 1.54) is 0 Å². The van der Waals surface area contributed by atoms with Gasteiger partial charge in [-0.25, -0.2) is 4.79 Å². The van der Waals surface area contributed by atoms with Gasteiger partial charge in [-0.05, 0) is 63.6 Å². The van der Waals surface area contributed by atoms with Crippen LogP contribution in [-0.4, -0.2) is 70.6 Å². The van der Waals surface area contributed by atoms with E-state index in [-0.39, 0.29) is 29.7 Å². The summed E-state index contributed by atoms with van der Waals surface area (Å²) in [6.45, 7) is 14.9. The van der Waals surface area contributed by atoms with Gasteiger partial charge in [-0.1, -0.05) is 51.4 Å². The van der Waals surface area contributed by atoms with Gasteiger partial charge in [0.2, 0.25) is 11.8 Å². The molecule has 2 atom stereocenters. The van der Waals surface area contributed by atoms with Crippen LogP contribution in [0.2, 0.25) is 5.02 Å². The molecule has 2 heterocycles. The number of amides is 3. The summed E-state index contributed by atoms with van der Waals surface area (Å²) in [5.41, 5.74) is -1.50. The van der Waals surface area contributed by atoms with E-state index < -0.39 is 22.7 Å². The van der Waals surface area contributed by atoms with E-state index in [2.05, 4.69) is 5.32 Å². The first-order chi connectivity index (χ1) is 17.5. The fourth-order valence-corrected chi connectivity index (χ4v) is 5.53. The molecule has 0 unspecified atom stereocenters. The van der Waals surface area contributed by atoms with Crippen LogP contribution in [-0.2, 0) is 19.9 Å². The average molecular weight is 550 g/mol. The molecule has 8 nitrogen and oxygen atoms in total. The van der Waals surface area contributed by atoms with Crippen molar-refractivity contribution in [3.8, 4) is 0 Å². The Bertz CT molecular complexity index is 1010. The van der Waals surface area contributed by atoms with E-state index in [0.29, 0.717) is 50.5 Å². The average Bonchev–Trinajstić information content (AvgIpc) is 2.82. The second kappa shape index (κ2) is 11.4. The summed E-state index contributed by atoms with van der Waals surface area (Å²) in [5, 5.41) is 15.3. The van der Waals surface area contributed by atoms with Crippen molar-refractivity contribution >= 4 is 29.5 Å². The number of piperidine rings is 2. The first-order valence-corrected chi connectivity index (χ1v) is 14.0. The standard InChI is InChI=1S/C29H44ClN3O5/c1-19(2)23(31-24(34)20-12-15-32(16-13-20)26(36)38-27(3,4)5)25(35)33-17-14-29(37,28(6,7)18-33)21-8-10-22(30)11-9-21/h8-11,19-20,23,37H,12-18H2,1-7H3,(H,31,34)/t23-,29+/m1/s1. The molecule has 0 spiro atoms. The number of hydrogen-bond donors (Lipinski definition) is 2. The molecule has 0 bridgehead atoms. The van der Waals surface area contributed by atoms with E-state index in [0.717, 1.165) is 5.56 Å². The summed E-state index contributed by atoms with van der Waals surface area (Å²) >= 11 is 6.05. The van der Waals surface area contributed by atoms with Gasteiger partial charge >= 0.3 is 6.09 Å². The van der Waals surface area contributed by atoms with Gasteiger partial charge in [0.1, 0.15) is 11.6 Å². The molecule has 2 saturated heterocycles. The maximum Gasteiger partial charge on any atom is 0.410 e. The second-order valence-electron chi connectivity index (χ2n) is 12.7. The molecule has 2 aliphatic heterocycles. The van der Waals surface area contributed by atoms with Gasteiger partial charge in [0, 0.05) is 42.5 Å². The van der Waals surface area contributed by atoms with Crippen LogP contribution in [0, 0.1) is 17.3 Å². The number of hydrogen-bond acceptors (Lipinski definition) is 5. The Morgan fingerprint density at radius 3 is 2.13 bits per heavy atom. The van der Waals surface area contributed by atoms with Gasteiger partial charge in [0.25, 0.3) is 0 Å². The van der Waals surface area contributed by atoms with Crippen molar-refractivity contribution in [3.63, 3.8) is 0 Å². The third-order valence-electron chi connectivity index (χ3n) is 7.83. The third-order valence-corrected chi connectivity index (χ3v) is 8.08. The number of rotatable bonds is 5. The lowest BCUT2D eigenvalue weighted by Crippen LogP contribution is -2.61. The summed E-state index contributed by atoms with van der Waals surface area (Å²) in [6, 6.07) is 6.55. The number of nitrogens with one attached hydrogen (secondary N) is 1. The highest BCUT2D eigenvalue weighted by Gasteiger charge is 2.50. The van der Waals surface area contributed by atoms with Crippen molar-refractivity contribution in [2.75, 3.05) is 26.2 Å². The second-order valence-corrected chi connectivity index (χ2v) is 13.2. The van der Waals surface area contributed by atoms with Gasteiger partial charge in [-0.3, -0.25) is 9.59 Å². The van der Waals surface area contributed by atoms with Crippen LogP contribution in [0.5, 0.6) is 0 Å². The smallest absolute Gasteiger partial charge is 0.410 e. The summed E-state index contributed by atoms with van der Waals surface area (Å²) < 4.78 is 5.44. The number of ether oxygens (including phenoxy) is 1. The number of carbonyl (C=O) groups excluding carboxylic acids is 3. The topological polar surface area (TPSA) is 99.2 Å². The quantitative estimate of drug-likeness (QED) is 0.560. The summed E-state index contributed by atoms with van der Waals surface area (Å²) in [6.07, 6.45) is 1.07. The zero-order valence-electron chi connectivity index (χ0n) is 23.8. The number of carbonyl (C=O) groups is 3. The first kappa shape index (κ1) is 30.2. The molecular weight excluding hydrogens is 506 g/mol. The van der Waals surface area contributed by atoms with Gasteiger partial charge in [0.15, 0.2) is 0 Å². The molecule has 1 aromatic carbocycles. The van der Waals surface area contributed by atoms with Gasteiger partial charge in [-0.15, -0.1) is 0 Å². The SMILES string of the molecule is CC(C)[C@@H](NC(=O)C1CCN(C(=O)OC(C)(C)C)CC1)C(=O)N1CC[C@](O)(c2ccc(Cl)cc2)C(C)(C)C1. The monoisotopic (exact) mass is 549 g/mol. The van der Waals surface area contributed by atoms with Crippen molar-refractivity contribution in [1.29, 1.82) is 0 Å². The van der Waals surface area contributed by atoms with E-state index in [9.17, 15) is 19.5 Å². The van der Waals surface area contributed by atoms with Crippen LogP contribution in [0.4, 0.5) is 4.79 Å². The molecule has 2 N–H and O–H groups in total. The Morgan fingerprint density at radius 2 is 1.63 bits per heavy atom. The van der Waals surface area contributed by atoms with Crippen molar-refractivity contribution < 1.29 is 24.2 Å². The molecule has 1 aromatic rings. The Morgan fingerprint density at radius 1 is 1.05 bits per heavy atom. The van der Waals surface area contributed by atoms with E-state index >= 15 is 0 Å². The molecule has 38 heavy (non-hydrogen) atoms. The molecule has 0 saturated carbocycles. The predicted molar refractivity (Wildman–Crippen MR) is 148 cm³/mol. The molecule has 2 fully saturated rings. The van der Waals surface area contributed by atoms with Crippen molar-refractivity contribution in [3.05, 3.63) is 34.9 Å². The highest BCUT2D eigenvalue weighted by Crippen LogP contribution is 2.46. The largest absolute Gasteiger partial charge is 0.444 e. The number of benzene rings is 1. The highest BCUT2D eigenvalue weighted by atomic mass is 35.5. The molecule has 9 heteroatoms. The van der Waals surface area contributed by atoms with Gasteiger partial charge in [0.05, 0.1) is 5.60 Å². The molecule has 2 aliphatic rings. The lowest BCUT2D eigenvalue weighted by atomic mass is 9.66. The number of nitrogens with zero attached hydrogens (tertiary/aromatic N) is 2. The first-order valence-electron chi connectivity index (χ1n) is 13.6. The van der Waals surface area contributed by atoms with Crippen molar-refractivity contribution in [1.82, 2.24) is 15.1 Å². The van der Waals surface area contributed by atoms with Crippen LogP contribution in [0.15, 0.2) is 24.3 Å². The normalized spacial score (nSPS) is 23.2. The fraction of sp³-hybridized carbons (Fsp3) is 0.690. The van der Waals surface area contributed by atoms with Crippen LogP contribution < -0.4 is 5.32 Å². The molecule has 0 aliphatic carbocycles. The minimum Gasteiger partial charge on any atom is -0.444 e. The van der Waals surface area contributed by atoms with Gasteiger partial charge in [-0.2, -0.15) is 0 Å². The maximum absolute atomic E-state index is 13.7. The van der Waals surface area contributed by atoms with Crippen LogP contribution in [0.3, 0.4) is 0 Å². The highest BCUT2D eigenvalue weighted by molar-refractivity contribution is 6.30. The molecule has 0 radical (unpaired) electrons. The zero-order chi connectivity index (χ0) is 28.5. The lowest BCUT2D eigenvalue weighted by Gasteiger charge is -2.51. The Kier molecular flexibility index (Phi) is 9.09. The zero-order valence-corrected chi connectivity index (χ0v) is 24.6. The Labute approximate surface area is 232 Å². The molecule has 212 valence electrons.